The van der Waals surface area contributed by atoms with Crippen molar-refractivity contribution in [3.63, 3.8) is 0 Å². The van der Waals surface area contributed by atoms with Gasteiger partial charge in [-0.1, -0.05) is 12.1 Å². The summed E-state index contributed by atoms with van der Waals surface area (Å²) in [4.78, 5) is 12.7. The van der Waals surface area contributed by atoms with Gasteiger partial charge in [-0.3, -0.25) is 9.10 Å². The number of hydrogen-bond acceptors (Lipinski definition) is 5. The topological polar surface area (TPSA) is 84.9 Å². The number of rotatable bonds is 6. The van der Waals surface area contributed by atoms with E-state index < -0.39 is 10.0 Å². The third-order valence-electron chi connectivity index (χ3n) is 5.07. The van der Waals surface area contributed by atoms with E-state index in [0.29, 0.717) is 28.4 Å². The van der Waals surface area contributed by atoms with Crippen molar-refractivity contribution in [3.8, 4) is 11.5 Å². The van der Waals surface area contributed by atoms with Gasteiger partial charge in [0.25, 0.3) is 15.9 Å². The van der Waals surface area contributed by atoms with Crippen molar-refractivity contribution < 1.29 is 22.7 Å². The Morgan fingerprint density at radius 2 is 1.70 bits per heavy atom. The first-order valence-electron chi connectivity index (χ1n) is 10.7. The zero-order valence-electron chi connectivity index (χ0n) is 18.7. The minimum atomic E-state index is -3.79. The molecule has 4 rings (SSSR count). The third-order valence-corrected chi connectivity index (χ3v) is 6.87. The van der Waals surface area contributed by atoms with Crippen molar-refractivity contribution in [2.24, 2.45) is 0 Å². The lowest BCUT2D eigenvalue weighted by Gasteiger charge is -2.34. The fourth-order valence-corrected chi connectivity index (χ4v) is 5.12. The van der Waals surface area contributed by atoms with Crippen LogP contribution in [0.2, 0.25) is 0 Å². The number of benzene rings is 3. The van der Waals surface area contributed by atoms with E-state index in [1.807, 2.05) is 26.8 Å². The van der Waals surface area contributed by atoms with E-state index in [-0.39, 0.29) is 29.6 Å². The largest absolute Gasteiger partial charge is 0.491 e. The van der Waals surface area contributed by atoms with Crippen LogP contribution in [-0.4, -0.2) is 33.1 Å². The molecule has 1 aliphatic heterocycles. The molecule has 0 aliphatic carbocycles. The van der Waals surface area contributed by atoms with Crippen molar-refractivity contribution in [2.45, 2.75) is 37.9 Å². The maximum Gasteiger partial charge on any atom is 0.264 e. The van der Waals surface area contributed by atoms with Crippen molar-refractivity contribution in [1.82, 2.24) is 0 Å². The standard InChI is InChI=1S/C25H26N2O5S/c1-17(2)31-21-12-8-19(9-13-21)25(28)26-20-10-14-22(15-11-20)33(29,30)27-16-18(3)32-24-7-5-4-6-23(24)27/h4-15,17-18H,16H2,1-3H3,(H,26,28)/t18-/m1/s1. The fourth-order valence-electron chi connectivity index (χ4n) is 3.57. The lowest BCUT2D eigenvalue weighted by molar-refractivity contribution is 0.102. The maximum atomic E-state index is 13.3. The van der Waals surface area contributed by atoms with Crippen LogP contribution in [0.4, 0.5) is 11.4 Å². The molecule has 3 aromatic rings. The summed E-state index contributed by atoms with van der Waals surface area (Å²) < 4.78 is 39.4. The van der Waals surface area contributed by atoms with Crippen LogP contribution in [-0.2, 0) is 10.0 Å². The van der Waals surface area contributed by atoms with Crippen molar-refractivity contribution in [1.29, 1.82) is 0 Å². The summed E-state index contributed by atoms with van der Waals surface area (Å²) in [7, 11) is -3.79. The number of fused-ring (bicyclic) bond motifs is 1. The van der Waals surface area contributed by atoms with E-state index in [0.717, 1.165) is 0 Å². The second-order valence-corrected chi connectivity index (χ2v) is 9.96. The van der Waals surface area contributed by atoms with Crippen molar-refractivity contribution in [2.75, 3.05) is 16.2 Å². The van der Waals surface area contributed by atoms with Gasteiger partial charge in [0, 0.05) is 11.3 Å². The molecule has 0 unspecified atom stereocenters. The molecule has 172 valence electrons. The number of nitrogens with one attached hydrogen (secondary N) is 1. The van der Waals surface area contributed by atoms with E-state index >= 15 is 0 Å². The van der Waals surface area contributed by atoms with E-state index in [9.17, 15) is 13.2 Å². The first-order chi connectivity index (χ1) is 15.7. The van der Waals surface area contributed by atoms with Crippen LogP contribution in [0.3, 0.4) is 0 Å². The van der Waals surface area contributed by atoms with Gasteiger partial charge in [-0.25, -0.2) is 8.42 Å². The highest BCUT2D eigenvalue weighted by molar-refractivity contribution is 7.92. The highest BCUT2D eigenvalue weighted by Gasteiger charge is 2.32. The molecule has 33 heavy (non-hydrogen) atoms. The zero-order valence-corrected chi connectivity index (χ0v) is 19.5. The quantitative estimate of drug-likeness (QED) is 0.569. The van der Waals surface area contributed by atoms with Crippen LogP contribution in [0.1, 0.15) is 31.1 Å². The monoisotopic (exact) mass is 466 g/mol. The Morgan fingerprint density at radius 3 is 2.36 bits per heavy atom. The summed E-state index contributed by atoms with van der Waals surface area (Å²) in [5.74, 6) is 0.932. The Hall–Kier alpha value is -3.52. The lowest BCUT2D eigenvalue weighted by atomic mass is 10.2. The number of hydrogen-bond donors (Lipinski definition) is 1. The zero-order chi connectivity index (χ0) is 23.6. The van der Waals surface area contributed by atoms with Gasteiger partial charge in [0.1, 0.15) is 17.6 Å². The van der Waals surface area contributed by atoms with Crippen LogP contribution in [0, 0.1) is 0 Å². The van der Waals surface area contributed by atoms with Crippen LogP contribution in [0.5, 0.6) is 11.5 Å². The molecule has 0 spiro atoms. The molecule has 0 fully saturated rings. The Bertz CT molecular complexity index is 1240. The highest BCUT2D eigenvalue weighted by atomic mass is 32.2. The predicted molar refractivity (Wildman–Crippen MR) is 128 cm³/mol. The molecule has 0 saturated carbocycles. The summed E-state index contributed by atoms with van der Waals surface area (Å²) >= 11 is 0. The Kier molecular flexibility index (Phi) is 6.29. The average molecular weight is 467 g/mol. The molecule has 1 heterocycles. The minimum Gasteiger partial charge on any atom is -0.491 e. The molecule has 1 amide bonds. The van der Waals surface area contributed by atoms with Crippen molar-refractivity contribution in [3.05, 3.63) is 78.4 Å². The Labute approximate surface area is 194 Å². The lowest BCUT2D eigenvalue weighted by Crippen LogP contribution is -2.42. The average Bonchev–Trinajstić information content (AvgIpc) is 2.79. The summed E-state index contributed by atoms with van der Waals surface area (Å²) in [6.45, 7) is 5.92. The van der Waals surface area contributed by atoms with Gasteiger partial charge in [-0.05, 0) is 81.4 Å². The van der Waals surface area contributed by atoms with Crippen molar-refractivity contribution >= 4 is 27.3 Å². The summed E-state index contributed by atoms with van der Waals surface area (Å²) in [5.41, 5.74) is 1.48. The van der Waals surface area contributed by atoms with Crippen LogP contribution in [0.15, 0.2) is 77.7 Å². The van der Waals surface area contributed by atoms with E-state index in [4.69, 9.17) is 9.47 Å². The fraction of sp³-hybridized carbons (Fsp3) is 0.240. The smallest absolute Gasteiger partial charge is 0.264 e. The van der Waals surface area contributed by atoms with Gasteiger partial charge >= 0.3 is 0 Å². The van der Waals surface area contributed by atoms with Gasteiger partial charge in [0.05, 0.1) is 23.2 Å². The molecular formula is C25H26N2O5S. The molecule has 1 aliphatic rings. The first-order valence-corrected chi connectivity index (χ1v) is 12.1. The molecule has 1 atom stereocenters. The van der Waals surface area contributed by atoms with Gasteiger partial charge in [-0.2, -0.15) is 0 Å². The number of nitrogens with zero attached hydrogens (tertiary/aromatic N) is 1. The second kappa shape index (κ2) is 9.15. The molecule has 1 N–H and O–H groups in total. The van der Waals surface area contributed by atoms with Crippen LogP contribution in [0.25, 0.3) is 0 Å². The molecular weight excluding hydrogens is 440 g/mol. The van der Waals surface area contributed by atoms with Gasteiger partial charge in [0.2, 0.25) is 0 Å². The number of carbonyl (C=O) groups is 1. The van der Waals surface area contributed by atoms with E-state index in [1.54, 1.807) is 54.6 Å². The third kappa shape index (κ3) is 4.96. The van der Waals surface area contributed by atoms with E-state index in [1.165, 1.54) is 16.4 Å². The first kappa shape index (κ1) is 22.7. The molecule has 0 aromatic heterocycles. The van der Waals surface area contributed by atoms with Crippen LogP contribution >= 0.6 is 0 Å². The SMILES string of the molecule is CC(C)Oc1ccc(C(=O)Nc2ccc(S(=O)(=O)N3C[C@@H](C)Oc4ccccc43)cc2)cc1. The number of ether oxygens (including phenoxy) is 2. The minimum absolute atomic E-state index is 0.0497. The molecule has 3 aromatic carbocycles. The second-order valence-electron chi connectivity index (χ2n) is 8.10. The molecule has 0 radical (unpaired) electrons. The molecule has 0 saturated heterocycles. The number of amides is 1. The van der Waals surface area contributed by atoms with E-state index in [2.05, 4.69) is 5.32 Å². The molecule has 8 heteroatoms. The summed E-state index contributed by atoms with van der Waals surface area (Å²) in [6, 6.07) is 20.1. The molecule has 0 bridgehead atoms. The number of anilines is 2. The van der Waals surface area contributed by atoms with Gasteiger partial charge < -0.3 is 14.8 Å². The maximum absolute atomic E-state index is 13.3. The Balaban J connectivity index is 1.50. The molecule has 7 nitrogen and oxygen atoms in total. The number of carbonyl (C=O) groups excluding carboxylic acids is 1. The predicted octanol–water partition coefficient (Wildman–Crippen LogP) is 4.70. The van der Waals surface area contributed by atoms with Gasteiger partial charge in [-0.15, -0.1) is 0 Å². The Morgan fingerprint density at radius 1 is 1.03 bits per heavy atom. The van der Waals surface area contributed by atoms with Gasteiger partial charge in [0.15, 0.2) is 0 Å². The normalized spacial score (nSPS) is 15.5. The number of sulfonamides is 1. The highest BCUT2D eigenvalue weighted by Crippen LogP contribution is 2.36. The summed E-state index contributed by atoms with van der Waals surface area (Å²) in [5, 5.41) is 2.79. The van der Waals surface area contributed by atoms with Crippen LogP contribution < -0.4 is 19.1 Å². The number of para-hydroxylation sites is 2. The summed E-state index contributed by atoms with van der Waals surface area (Å²) in [6.07, 6.45) is -0.223.